The van der Waals surface area contributed by atoms with E-state index in [1.165, 1.54) is 11.3 Å². The Hall–Kier alpha value is -2.08. The number of nitrogens with two attached hydrogens (primary N) is 1. The van der Waals surface area contributed by atoms with Gasteiger partial charge >= 0.3 is 0 Å². The van der Waals surface area contributed by atoms with E-state index in [1.807, 2.05) is 11.8 Å². The lowest BCUT2D eigenvalue weighted by atomic mass is 9.98. The van der Waals surface area contributed by atoms with Gasteiger partial charge in [-0.25, -0.2) is 0 Å². The summed E-state index contributed by atoms with van der Waals surface area (Å²) < 4.78 is 0. The molecular formula is C18H26N4O2. The third kappa shape index (κ3) is 3.70. The second kappa shape index (κ2) is 7.21. The van der Waals surface area contributed by atoms with Gasteiger partial charge in [0, 0.05) is 38.4 Å². The van der Waals surface area contributed by atoms with E-state index >= 15 is 0 Å². The summed E-state index contributed by atoms with van der Waals surface area (Å²) in [5.41, 5.74) is 8.06. The van der Waals surface area contributed by atoms with Crippen molar-refractivity contribution in [3.63, 3.8) is 0 Å². The number of hydrogen-bond acceptors (Lipinski definition) is 4. The van der Waals surface area contributed by atoms with Crippen molar-refractivity contribution in [1.82, 2.24) is 10.2 Å². The summed E-state index contributed by atoms with van der Waals surface area (Å²) in [6.07, 6.45) is 1.07. The average molecular weight is 330 g/mol. The van der Waals surface area contributed by atoms with Gasteiger partial charge < -0.3 is 16.0 Å². The van der Waals surface area contributed by atoms with Gasteiger partial charge in [0.1, 0.15) is 0 Å². The van der Waals surface area contributed by atoms with E-state index in [0.29, 0.717) is 19.6 Å². The zero-order valence-corrected chi connectivity index (χ0v) is 14.2. The molecule has 1 aromatic rings. The number of carbonyl (C=O) groups excluding carboxylic acids is 2. The molecule has 6 heteroatoms. The van der Waals surface area contributed by atoms with Crippen LogP contribution in [0, 0.1) is 11.8 Å². The van der Waals surface area contributed by atoms with Crippen LogP contribution in [0.25, 0.3) is 0 Å². The lowest BCUT2D eigenvalue weighted by Gasteiger charge is -2.20. The number of primary amides is 1. The number of hydrogen-bond donors (Lipinski definition) is 2. The first-order valence-electron chi connectivity index (χ1n) is 8.66. The molecule has 0 aromatic heterocycles. The molecule has 24 heavy (non-hydrogen) atoms. The third-order valence-corrected chi connectivity index (χ3v) is 5.11. The highest BCUT2D eigenvalue weighted by atomic mass is 16.2. The quantitative estimate of drug-likeness (QED) is 0.782. The number of nitrogens with one attached hydrogen (secondary N) is 1. The Balaban J connectivity index is 1.40. The first-order valence-corrected chi connectivity index (χ1v) is 8.66. The number of anilines is 1. The minimum atomic E-state index is -0.266. The first kappa shape index (κ1) is 16.8. The van der Waals surface area contributed by atoms with Crippen LogP contribution < -0.4 is 16.0 Å². The van der Waals surface area contributed by atoms with E-state index in [2.05, 4.69) is 34.5 Å². The van der Waals surface area contributed by atoms with Crippen molar-refractivity contribution in [3.05, 3.63) is 29.8 Å². The van der Waals surface area contributed by atoms with Gasteiger partial charge in [-0.3, -0.25) is 14.5 Å². The van der Waals surface area contributed by atoms with E-state index in [9.17, 15) is 9.59 Å². The molecule has 6 nitrogen and oxygen atoms in total. The van der Waals surface area contributed by atoms with Crippen LogP contribution in [0.2, 0.25) is 0 Å². The average Bonchev–Trinajstić information content (AvgIpc) is 3.11. The summed E-state index contributed by atoms with van der Waals surface area (Å²) in [5, 5.41) is 2.99. The summed E-state index contributed by atoms with van der Waals surface area (Å²) >= 11 is 0. The Morgan fingerprint density at radius 2 is 2.08 bits per heavy atom. The number of rotatable bonds is 6. The van der Waals surface area contributed by atoms with Crippen LogP contribution in [0.1, 0.15) is 12.5 Å². The maximum Gasteiger partial charge on any atom is 0.234 e. The summed E-state index contributed by atoms with van der Waals surface area (Å²) in [4.78, 5) is 27.8. The molecule has 0 bridgehead atoms. The molecule has 0 unspecified atom stereocenters. The second-order valence-corrected chi connectivity index (χ2v) is 6.90. The minimum absolute atomic E-state index is 0.0137. The largest absolute Gasteiger partial charge is 0.369 e. The summed E-state index contributed by atoms with van der Waals surface area (Å²) in [6.45, 7) is 6.16. The molecule has 3 N–H and O–H groups in total. The van der Waals surface area contributed by atoms with Crippen LogP contribution >= 0.6 is 0 Å². The minimum Gasteiger partial charge on any atom is -0.369 e. The molecule has 1 fully saturated rings. The number of carbonyl (C=O) groups is 2. The molecule has 0 aliphatic carbocycles. The van der Waals surface area contributed by atoms with Crippen molar-refractivity contribution in [2.24, 2.45) is 17.6 Å². The molecule has 2 atom stereocenters. The van der Waals surface area contributed by atoms with Gasteiger partial charge in [-0.05, 0) is 24.0 Å². The zero-order valence-electron chi connectivity index (χ0n) is 14.2. The van der Waals surface area contributed by atoms with Crippen molar-refractivity contribution >= 4 is 17.5 Å². The molecule has 0 saturated carbocycles. The van der Waals surface area contributed by atoms with Crippen molar-refractivity contribution in [3.8, 4) is 0 Å². The van der Waals surface area contributed by atoms with Gasteiger partial charge in [0.05, 0.1) is 12.5 Å². The molecule has 2 heterocycles. The normalized spacial score (nSPS) is 23.3. The topological polar surface area (TPSA) is 78.7 Å². The van der Waals surface area contributed by atoms with E-state index < -0.39 is 0 Å². The highest BCUT2D eigenvalue weighted by molar-refractivity contribution is 5.79. The number of benzene rings is 1. The lowest BCUT2D eigenvalue weighted by molar-refractivity contribution is -0.124. The fourth-order valence-electron chi connectivity index (χ4n) is 3.79. The number of para-hydroxylation sites is 1. The summed E-state index contributed by atoms with van der Waals surface area (Å²) in [6, 6.07) is 8.43. The predicted molar refractivity (Wildman–Crippen MR) is 93.7 cm³/mol. The molecule has 130 valence electrons. The van der Waals surface area contributed by atoms with Crippen molar-refractivity contribution in [2.45, 2.75) is 13.3 Å². The van der Waals surface area contributed by atoms with Crippen molar-refractivity contribution < 1.29 is 9.59 Å². The van der Waals surface area contributed by atoms with Crippen LogP contribution in [0.3, 0.4) is 0 Å². The van der Waals surface area contributed by atoms with Crippen LogP contribution in [0.5, 0.6) is 0 Å². The maximum atomic E-state index is 12.1. The molecule has 0 spiro atoms. The van der Waals surface area contributed by atoms with Gasteiger partial charge in [-0.1, -0.05) is 25.1 Å². The van der Waals surface area contributed by atoms with Crippen LogP contribution in [0.4, 0.5) is 5.69 Å². The Kier molecular flexibility index (Phi) is 5.04. The number of nitrogens with zero attached hydrogens (tertiary/aromatic N) is 2. The van der Waals surface area contributed by atoms with E-state index in [4.69, 9.17) is 5.73 Å². The Labute approximate surface area is 143 Å². The SMILES string of the molecule is C[C@@H]1CN(CC(=O)NCCN2CCc3ccccc32)C[C@H]1C(N)=O. The third-order valence-electron chi connectivity index (χ3n) is 5.11. The van der Waals surface area contributed by atoms with E-state index in [0.717, 1.165) is 26.1 Å². The van der Waals surface area contributed by atoms with E-state index in [-0.39, 0.29) is 23.7 Å². The maximum absolute atomic E-state index is 12.1. The molecule has 2 amide bonds. The Morgan fingerprint density at radius 3 is 2.83 bits per heavy atom. The molecule has 0 radical (unpaired) electrons. The molecule has 3 rings (SSSR count). The molecule has 2 aliphatic heterocycles. The standard InChI is InChI=1S/C18H26N4O2/c1-13-10-21(11-15(13)18(19)24)12-17(23)20-7-9-22-8-6-14-4-2-3-5-16(14)22/h2-5,13,15H,6-12H2,1H3,(H2,19,24)(H,20,23)/t13-,15-/m1/s1. The van der Waals surface area contributed by atoms with Gasteiger partial charge in [0.25, 0.3) is 0 Å². The number of amides is 2. The zero-order chi connectivity index (χ0) is 17.1. The lowest BCUT2D eigenvalue weighted by Crippen LogP contribution is -2.40. The Bertz CT molecular complexity index is 619. The Morgan fingerprint density at radius 1 is 1.29 bits per heavy atom. The van der Waals surface area contributed by atoms with Crippen molar-refractivity contribution in [1.29, 1.82) is 0 Å². The highest BCUT2D eigenvalue weighted by Crippen LogP contribution is 2.26. The molecular weight excluding hydrogens is 304 g/mol. The second-order valence-electron chi connectivity index (χ2n) is 6.90. The number of likely N-dealkylation sites (tertiary alicyclic amines) is 1. The fraction of sp³-hybridized carbons (Fsp3) is 0.556. The molecule has 2 aliphatic rings. The van der Waals surface area contributed by atoms with Crippen molar-refractivity contribution in [2.75, 3.05) is 44.2 Å². The molecule has 1 aromatic carbocycles. The fourth-order valence-corrected chi connectivity index (χ4v) is 3.79. The first-order chi connectivity index (χ1) is 11.5. The van der Waals surface area contributed by atoms with Crippen LogP contribution in [-0.2, 0) is 16.0 Å². The number of fused-ring (bicyclic) bond motifs is 1. The smallest absolute Gasteiger partial charge is 0.234 e. The van der Waals surface area contributed by atoms with Crippen LogP contribution in [-0.4, -0.2) is 56.0 Å². The van der Waals surface area contributed by atoms with E-state index in [1.54, 1.807) is 0 Å². The summed E-state index contributed by atoms with van der Waals surface area (Å²) in [7, 11) is 0. The summed E-state index contributed by atoms with van der Waals surface area (Å²) in [5.74, 6) is -0.173. The monoisotopic (exact) mass is 330 g/mol. The van der Waals surface area contributed by atoms with Gasteiger partial charge in [0.15, 0.2) is 0 Å². The van der Waals surface area contributed by atoms with Gasteiger partial charge in [-0.15, -0.1) is 0 Å². The predicted octanol–water partition coefficient (Wildman–Crippen LogP) is 0.219. The molecule has 1 saturated heterocycles. The van der Waals surface area contributed by atoms with Gasteiger partial charge in [-0.2, -0.15) is 0 Å². The van der Waals surface area contributed by atoms with Gasteiger partial charge in [0.2, 0.25) is 11.8 Å². The van der Waals surface area contributed by atoms with Crippen LogP contribution in [0.15, 0.2) is 24.3 Å². The highest BCUT2D eigenvalue weighted by Gasteiger charge is 2.34.